The highest BCUT2D eigenvalue weighted by molar-refractivity contribution is 5.85. The number of nitriles is 1. The molecule has 0 saturated carbocycles. The van der Waals surface area contributed by atoms with E-state index in [1.165, 1.54) is 0 Å². The van der Waals surface area contributed by atoms with E-state index in [-0.39, 0.29) is 18.3 Å². The minimum atomic E-state index is 0. The molecule has 1 aliphatic heterocycles. The van der Waals surface area contributed by atoms with E-state index in [0.29, 0.717) is 31.6 Å². The van der Waals surface area contributed by atoms with E-state index in [2.05, 4.69) is 9.88 Å². The number of piperazine rings is 1. The van der Waals surface area contributed by atoms with Crippen LogP contribution in [0.5, 0.6) is 0 Å². The van der Waals surface area contributed by atoms with Crippen molar-refractivity contribution < 1.29 is 4.79 Å². The van der Waals surface area contributed by atoms with Gasteiger partial charge in [-0.3, -0.25) is 4.79 Å². The number of amides is 1. The lowest BCUT2D eigenvalue weighted by atomic mass is 10.2. The summed E-state index contributed by atoms with van der Waals surface area (Å²) in [6, 6.07) is 5.65. The van der Waals surface area contributed by atoms with E-state index in [4.69, 9.17) is 11.0 Å². The minimum absolute atomic E-state index is 0. The van der Waals surface area contributed by atoms with Crippen LogP contribution < -0.4 is 10.6 Å². The number of nitrogens with zero attached hydrogens (tertiary/aromatic N) is 4. The molecule has 1 aromatic rings. The lowest BCUT2D eigenvalue weighted by molar-refractivity contribution is -0.131. The molecule has 0 unspecified atom stereocenters. The van der Waals surface area contributed by atoms with E-state index in [9.17, 15) is 4.79 Å². The molecule has 20 heavy (non-hydrogen) atoms. The summed E-state index contributed by atoms with van der Waals surface area (Å²) in [7, 11) is 0. The molecule has 0 radical (unpaired) electrons. The van der Waals surface area contributed by atoms with Crippen LogP contribution in [0.1, 0.15) is 12.0 Å². The van der Waals surface area contributed by atoms with Crippen molar-refractivity contribution in [1.29, 1.82) is 5.26 Å². The number of anilines is 1. The zero-order valence-electron chi connectivity index (χ0n) is 11.2. The van der Waals surface area contributed by atoms with Gasteiger partial charge in [-0.25, -0.2) is 4.98 Å². The lowest BCUT2D eigenvalue weighted by Crippen LogP contribution is -2.49. The summed E-state index contributed by atoms with van der Waals surface area (Å²) in [4.78, 5) is 19.9. The Morgan fingerprint density at radius 2 is 2.05 bits per heavy atom. The van der Waals surface area contributed by atoms with Crippen LogP contribution in [0.15, 0.2) is 18.3 Å². The Balaban J connectivity index is 0.00000200. The van der Waals surface area contributed by atoms with Crippen LogP contribution in [0, 0.1) is 11.3 Å². The molecular weight excluding hydrogens is 278 g/mol. The van der Waals surface area contributed by atoms with Gasteiger partial charge in [-0.1, -0.05) is 0 Å². The van der Waals surface area contributed by atoms with Crippen LogP contribution in [0.4, 0.5) is 5.82 Å². The number of halogens is 1. The van der Waals surface area contributed by atoms with Gasteiger partial charge in [-0.15, -0.1) is 12.4 Å². The molecule has 1 fully saturated rings. The highest BCUT2D eigenvalue weighted by Gasteiger charge is 2.21. The number of carbonyl (C=O) groups is 1. The van der Waals surface area contributed by atoms with Crippen LogP contribution in [0.25, 0.3) is 0 Å². The predicted octanol–water partition coefficient (Wildman–Crippen LogP) is 0.372. The van der Waals surface area contributed by atoms with Crippen LogP contribution in [-0.4, -0.2) is 48.5 Å². The van der Waals surface area contributed by atoms with Crippen LogP contribution >= 0.6 is 12.4 Å². The summed E-state index contributed by atoms with van der Waals surface area (Å²) in [5.41, 5.74) is 5.94. The van der Waals surface area contributed by atoms with Gasteiger partial charge >= 0.3 is 0 Å². The Hall–Kier alpha value is -1.84. The third-order valence-electron chi connectivity index (χ3n) is 3.19. The summed E-state index contributed by atoms with van der Waals surface area (Å²) in [5, 5.41) is 8.73. The molecule has 1 saturated heterocycles. The maximum Gasteiger partial charge on any atom is 0.223 e. The smallest absolute Gasteiger partial charge is 0.223 e. The maximum atomic E-state index is 11.7. The summed E-state index contributed by atoms with van der Waals surface area (Å²) in [5.74, 6) is 0.972. The van der Waals surface area contributed by atoms with Gasteiger partial charge < -0.3 is 15.5 Å². The molecule has 6 nitrogen and oxygen atoms in total. The average Bonchev–Trinajstić information content (AvgIpc) is 2.48. The van der Waals surface area contributed by atoms with Crippen molar-refractivity contribution in [2.24, 2.45) is 5.73 Å². The molecule has 1 aromatic heterocycles. The molecule has 0 spiro atoms. The number of rotatable bonds is 3. The molecule has 0 atom stereocenters. The Kier molecular flexibility index (Phi) is 6.22. The van der Waals surface area contributed by atoms with Crippen molar-refractivity contribution in [3.05, 3.63) is 23.9 Å². The van der Waals surface area contributed by atoms with Gasteiger partial charge in [-0.2, -0.15) is 5.26 Å². The first-order chi connectivity index (χ1) is 9.24. The van der Waals surface area contributed by atoms with Crippen molar-refractivity contribution in [3.8, 4) is 6.07 Å². The monoisotopic (exact) mass is 295 g/mol. The second-order valence-corrected chi connectivity index (χ2v) is 4.42. The first kappa shape index (κ1) is 16.2. The van der Waals surface area contributed by atoms with Crippen LogP contribution in [-0.2, 0) is 4.79 Å². The fourth-order valence-electron chi connectivity index (χ4n) is 2.11. The Morgan fingerprint density at radius 1 is 1.35 bits per heavy atom. The fourth-order valence-corrected chi connectivity index (χ4v) is 2.11. The van der Waals surface area contributed by atoms with Crippen molar-refractivity contribution in [2.75, 3.05) is 37.6 Å². The van der Waals surface area contributed by atoms with Gasteiger partial charge in [0.15, 0.2) is 0 Å². The summed E-state index contributed by atoms with van der Waals surface area (Å²) in [6.45, 7) is 3.31. The molecule has 2 N–H and O–H groups in total. The molecule has 1 aliphatic rings. The molecule has 2 heterocycles. The van der Waals surface area contributed by atoms with E-state index in [1.807, 2.05) is 17.0 Å². The van der Waals surface area contributed by atoms with E-state index in [1.54, 1.807) is 12.3 Å². The Bertz CT molecular complexity index is 477. The maximum absolute atomic E-state index is 11.7. The van der Waals surface area contributed by atoms with Crippen molar-refractivity contribution >= 4 is 24.1 Å². The summed E-state index contributed by atoms with van der Waals surface area (Å²) < 4.78 is 0. The van der Waals surface area contributed by atoms with Crippen molar-refractivity contribution in [1.82, 2.24) is 9.88 Å². The van der Waals surface area contributed by atoms with Crippen LogP contribution in [0.2, 0.25) is 0 Å². The van der Waals surface area contributed by atoms with Gasteiger partial charge in [0.05, 0.1) is 5.56 Å². The molecule has 0 aromatic carbocycles. The topological polar surface area (TPSA) is 86.2 Å². The number of hydrogen-bond donors (Lipinski definition) is 1. The van der Waals surface area contributed by atoms with Gasteiger partial charge in [-0.05, 0) is 12.1 Å². The third kappa shape index (κ3) is 3.83. The lowest BCUT2D eigenvalue weighted by Gasteiger charge is -2.35. The summed E-state index contributed by atoms with van der Waals surface area (Å²) >= 11 is 0. The van der Waals surface area contributed by atoms with E-state index in [0.717, 1.165) is 18.9 Å². The van der Waals surface area contributed by atoms with Gasteiger partial charge in [0.1, 0.15) is 11.9 Å². The van der Waals surface area contributed by atoms with Crippen molar-refractivity contribution in [3.63, 3.8) is 0 Å². The highest BCUT2D eigenvalue weighted by atomic mass is 35.5. The number of pyridine rings is 1. The SMILES string of the molecule is Cl.N#Cc1ccc(N2CCN(C(=O)CCN)CC2)nc1. The van der Waals surface area contributed by atoms with Crippen molar-refractivity contribution in [2.45, 2.75) is 6.42 Å². The quantitative estimate of drug-likeness (QED) is 0.871. The van der Waals surface area contributed by atoms with Gasteiger partial charge in [0.25, 0.3) is 0 Å². The number of aromatic nitrogens is 1. The zero-order chi connectivity index (χ0) is 13.7. The number of nitrogens with two attached hydrogens (primary N) is 1. The Labute approximate surface area is 124 Å². The summed E-state index contributed by atoms with van der Waals surface area (Å²) in [6.07, 6.45) is 1.98. The second kappa shape index (κ2) is 7.68. The zero-order valence-corrected chi connectivity index (χ0v) is 12.0. The minimum Gasteiger partial charge on any atom is -0.353 e. The first-order valence-electron chi connectivity index (χ1n) is 6.33. The molecule has 2 rings (SSSR count). The number of hydrogen-bond acceptors (Lipinski definition) is 5. The molecule has 0 bridgehead atoms. The molecule has 1 amide bonds. The van der Waals surface area contributed by atoms with Crippen LogP contribution in [0.3, 0.4) is 0 Å². The second-order valence-electron chi connectivity index (χ2n) is 4.42. The molecule has 108 valence electrons. The first-order valence-corrected chi connectivity index (χ1v) is 6.33. The molecular formula is C13H18ClN5O. The van der Waals surface area contributed by atoms with E-state index < -0.39 is 0 Å². The molecule has 7 heteroatoms. The molecule has 0 aliphatic carbocycles. The largest absolute Gasteiger partial charge is 0.353 e. The third-order valence-corrected chi connectivity index (χ3v) is 3.19. The normalized spacial score (nSPS) is 14.4. The van der Waals surface area contributed by atoms with Gasteiger partial charge in [0, 0.05) is 45.3 Å². The fraction of sp³-hybridized carbons (Fsp3) is 0.462. The average molecular weight is 296 g/mol. The van der Waals surface area contributed by atoms with Gasteiger partial charge in [0.2, 0.25) is 5.91 Å². The Morgan fingerprint density at radius 3 is 2.55 bits per heavy atom. The number of carbonyl (C=O) groups excluding carboxylic acids is 1. The van der Waals surface area contributed by atoms with E-state index >= 15 is 0 Å². The standard InChI is InChI=1S/C13H17N5O.ClH/c14-4-3-13(19)18-7-5-17(6-8-18)12-2-1-11(9-15)10-16-12;/h1-2,10H,3-8,14H2;1H. The predicted molar refractivity (Wildman–Crippen MR) is 78.7 cm³/mol. The highest BCUT2D eigenvalue weighted by Crippen LogP contribution is 2.14.